The Kier molecular flexibility index (Phi) is 4.62. The van der Waals surface area contributed by atoms with E-state index in [1.54, 1.807) is 34.1 Å². The van der Waals surface area contributed by atoms with Gasteiger partial charge < -0.3 is 14.8 Å². The first-order valence-corrected chi connectivity index (χ1v) is 9.32. The third-order valence-electron chi connectivity index (χ3n) is 4.93. The summed E-state index contributed by atoms with van der Waals surface area (Å²) in [6.45, 7) is 4.07. The first-order chi connectivity index (χ1) is 13.0. The van der Waals surface area contributed by atoms with Crippen LogP contribution >= 0.6 is 11.6 Å². The molecular weight excluding hydrogens is 362 g/mol. The molecule has 3 aromatic rings. The van der Waals surface area contributed by atoms with Crippen molar-refractivity contribution in [2.45, 2.75) is 6.92 Å². The van der Waals surface area contributed by atoms with Gasteiger partial charge in [0.15, 0.2) is 0 Å². The fourth-order valence-electron chi connectivity index (χ4n) is 3.44. The molecule has 2 aromatic carbocycles. The number of fused-ring (bicyclic) bond motifs is 1. The summed E-state index contributed by atoms with van der Waals surface area (Å²) in [7, 11) is 0. The summed E-state index contributed by atoms with van der Waals surface area (Å²) in [4.78, 5) is 32.2. The fourth-order valence-corrected chi connectivity index (χ4v) is 3.63. The Morgan fingerprint density at radius 2 is 1.63 bits per heavy atom. The van der Waals surface area contributed by atoms with Gasteiger partial charge >= 0.3 is 0 Å². The molecule has 1 aromatic heterocycles. The zero-order valence-electron chi connectivity index (χ0n) is 15.0. The van der Waals surface area contributed by atoms with Crippen molar-refractivity contribution in [1.29, 1.82) is 0 Å². The van der Waals surface area contributed by atoms with E-state index in [9.17, 15) is 9.59 Å². The van der Waals surface area contributed by atoms with Gasteiger partial charge in [0.2, 0.25) is 0 Å². The number of carbonyl (C=O) groups is 2. The van der Waals surface area contributed by atoms with Gasteiger partial charge in [-0.3, -0.25) is 9.59 Å². The molecule has 6 heteroatoms. The first kappa shape index (κ1) is 17.6. The van der Waals surface area contributed by atoms with Gasteiger partial charge in [-0.05, 0) is 42.8 Å². The van der Waals surface area contributed by atoms with E-state index in [4.69, 9.17) is 11.6 Å². The van der Waals surface area contributed by atoms with Crippen LogP contribution in [0.25, 0.3) is 10.9 Å². The topological polar surface area (TPSA) is 56.4 Å². The smallest absolute Gasteiger partial charge is 0.270 e. The van der Waals surface area contributed by atoms with Gasteiger partial charge in [-0.1, -0.05) is 29.8 Å². The monoisotopic (exact) mass is 381 g/mol. The number of rotatable bonds is 2. The Morgan fingerprint density at radius 1 is 0.926 bits per heavy atom. The van der Waals surface area contributed by atoms with Crippen LogP contribution < -0.4 is 0 Å². The third-order valence-corrected chi connectivity index (χ3v) is 5.17. The van der Waals surface area contributed by atoms with Crippen molar-refractivity contribution in [3.8, 4) is 0 Å². The van der Waals surface area contributed by atoms with Crippen LogP contribution in [0.4, 0.5) is 0 Å². The SMILES string of the molecule is Cc1ccc2cc(C(=O)N3CCN(C(=O)c4cccc(Cl)c4)CC3)[nH]c2c1. The van der Waals surface area contributed by atoms with Crippen molar-refractivity contribution in [1.82, 2.24) is 14.8 Å². The third kappa shape index (κ3) is 3.55. The molecule has 0 aliphatic carbocycles. The standard InChI is InChI=1S/C21H20ClN3O2/c1-14-5-6-15-13-19(23-18(15)11-14)21(27)25-9-7-24(8-10-25)20(26)16-3-2-4-17(22)12-16/h2-6,11-13,23H,7-10H2,1H3. The molecule has 0 spiro atoms. The lowest BCUT2D eigenvalue weighted by molar-refractivity contribution is 0.0533. The predicted octanol–water partition coefficient (Wildman–Crippen LogP) is 3.73. The number of aromatic nitrogens is 1. The second kappa shape index (κ2) is 7.08. The second-order valence-electron chi connectivity index (χ2n) is 6.87. The van der Waals surface area contributed by atoms with E-state index >= 15 is 0 Å². The van der Waals surface area contributed by atoms with Gasteiger partial charge in [0.25, 0.3) is 11.8 Å². The molecule has 5 nitrogen and oxygen atoms in total. The number of aromatic amines is 1. The Morgan fingerprint density at radius 3 is 2.33 bits per heavy atom. The maximum atomic E-state index is 12.8. The van der Waals surface area contributed by atoms with E-state index in [0.717, 1.165) is 16.5 Å². The molecule has 0 atom stereocenters. The van der Waals surface area contributed by atoms with E-state index < -0.39 is 0 Å². The van der Waals surface area contributed by atoms with Crippen LogP contribution in [0.3, 0.4) is 0 Å². The van der Waals surface area contributed by atoms with Crippen molar-refractivity contribution in [3.63, 3.8) is 0 Å². The van der Waals surface area contributed by atoms with Gasteiger partial charge in [-0.15, -0.1) is 0 Å². The maximum absolute atomic E-state index is 12.8. The van der Waals surface area contributed by atoms with Gasteiger partial charge in [-0.2, -0.15) is 0 Å². The van der Waals surface area contributed by atoms with Gasteiger partial charge in [0.1, 0.15) is 5.69 Å². The van der Waals surface area contributed by atoms with Crippen molar-refractivity contribution < 1.29 is 9.59 Å². The molecule has 1 aliphatic heterocycles. The highest BCUT2D eigenvalue weighted by atomic mass is 35.5. The minimum Gasteiger partial charge on any atom is -0.351 e. The van der Waals surface area contributed by atoms with E-state index in [-0.39, 0.29) is 11.8 Å². The molecule has 0 bridgehead atoms. The molecule has 1 saturated heterocycles. The maximum Gasteiger partial charge on any atom is 0.270 e. The van der Waals surface area contributed by atoms with Crippen LogP contribution in [-0.2, 0) is 0 Å². The summed E-state index contributed by atoms with van der Waals surface area (Å²) >= 11 is 5.98. The molecule has 1 fully saturated rings. The van der Waals surface area contributed by atoms with Crippen LogP contribution in [0.1, 0.15) is 26.4 Å². The molecule has 0 saturated carbocycles. The zero-order chi connectivity index (χ0) is 19.0. The fraction of sp³-hybridized carbons (Fsp3) is 0.238. The number of piperazine rings is 1. The number of hydrogen-bond donors (Lipinski definition) is 1. The number of hydrogen-bond acceptors (Lipinski definition) is 2. The lowest BCUT2D eigenvalue weighted by Crippen LogP contribution is -2.50. The number of halogens is 1. The Labute approximate surface area is 162 Å². The highest BCUT2D eigenvalue weighted by molar-refractivity contribution is 6.30. The number of amides is 2. The van der Waals surface area contributed by atoms with E-state index in [1.807, 2.05) is 31.2 Å². The van der Waals surface area contributed by atoms with Crippen LogP contribution in [-0.4, -0.2) is 52.8 Å². The van der Waals surface area contributed by atoms with Crippen molar-refractivity contribution >= 4 is 34.3 Å². The van der Waals surface area contributed by atoms with Crippen LogP contribution in [0.5, 0.6) is 0 Å². The Balaban J connectivity index is 1.43. The average molecular weight is 382 g/mol. The normalized spacial score (nSPS) is 14.6. The Bertz CT molecular complexity index is 1020. The highest BCUT2D eigenvalue weighted by Crippen LogP contribution is 2.19. The molecule has 2 heterocycles. The minimum atomic E-state index is -0.0503. The summed E-state index contributed by atoms with van der Waals surface area (Å²) in [5, 5.41) is 1.57. The summed E-state index contributed by atoms with van der Waals surface area (Å²) < 4.78 is 0. The molecule has 1 N–H and O–H groups in total. The van der Waals surface area contributed by atoms with Crippen LogP contribution in [0, 0.1) is 6.92 Å². The number of benzene rings is 2. The lowest BCUT2D eigenvalue weighted by Gasteiger charge is -2.34. The van der Waals surface area contributed by atoms with Gasteiger partial charge in [-0.25, -0.2) is 0 Å². The molecule has 0 unspecified atom stereocenters. The summed E-state index contributed by atoms with van der Waals surface area (Å²) in [6, 6.07) is 14.9. The first-order valence-electron chi connectivity index (χ1n) is 8.95. The predicted molar refractivity (Wildman–Crippen MR) is 106 cm³/mol. The highest BCUT2D eigenvalue weighted by Gasteiger charge is 2.26. The minimum absolute atomic E-state index is 0.0290. The number of aryl methyl sites for hydroxylation is 1. The van der Waals surface area contributed by atoms with E-state index in [1.165, 1.54) is 0 Å². The number of nitrogens with one attached hydrogen (secondary N) is 1. The molecule has 0 radical (unpaired) electrons. The molecule has 27 heavy (non-hydrogen) atoms. The largest absolute Gasteiger partial charge is 0.351 e. The summed E-state index contributed by atoms with van der Waals surface area (Å²) in [5.41, 5.74) is 3.28. The number of carbonyl (C=O) groups excluding carboxylic acids is 2. The second-order valence-corrected chi connectivity index (χ2v) is 7.30. The molecule has 2 amide bonds. The quantitative estimate of drug-likeness (QED) is 0.735. The molecular formula is C21H20ClN3O2. The summed E-state index contributed by atoms with van der Waals surface area (Å²) in [6.07, 6.45) is 0. The summed E-state index contributed by atoms with van der Waals surface area (Å²) in [5.74, 6) is -0.0793. The number of nitrogens with zero attached hydrogens (tertiary/aromatic N) is 2. The van der Waals surface area contributed by atoms with Gasteiger partial charge in [0.05, 0.1) is 0 Å². The van der Waals surface area contributed by atoms with Crippen molar-refractivity contribution in [3.05, 3.63) is 70.4 Å². The van der Waals surface area contributed by atoms with Crippen LogP contribution in [0.2, 0.25) is 5.02 Å². The van der Waals surface area contributed by atoms with Crippen molar-refractivity contribution in [2.75, 3.05) is 26.2 Å². The van der Waals surface area contributed by atoms with Crippen LogP contribution in [0.15, 0.2) is 48.5 Å². The zero-order valence-corrected chi connectivity index (χ0v) is 15.8. The molecule has 4 rings (SSSR count). The lowest BCUT2D eigenvalue weighted by atomic mass is 10.1. The number of H-pyrrole nitrogens is 1. The van der Waals surface area contributed by atoms with Crippen molar-refractivity contribution in [2.24, 2.45) is 0 Å². The van der Waals surface area contributed by atoms with E-state index in [0.29, 0.717) is 42.5 Å². The van der Waals surface area contributed by atoms with E-state index in [2.05, 4.69) is 4.98 Å². The average Bonchev–Trinajstić information content (AvgIpc) is 3.10. The Hall–Kier alpha value is -2.79. The molecule has 138 valence electrons. The molecule has 1 aliphatic rings. The van der Waals surface area contributed by atoms with Gasteiger partial charge in [0, 0.05) is 47.7 Å².